The molecule has 0 unspecified atom stereocenters. The van der Waals surface area contributed by atoms with Gasteiger partial charge in [0.15, 0.2) is 0 Å². The van der Waals surface area contributed by atoms with Crippen molar-refractivity contribution in [2.24, 2.45) is 7.05 Å². The van der Waals surface area contributed by atoms with Crippen LogP contribution in [-0.4, -0.2) is 19.3 Å². The summed E-state index contributed by atoms with van der Waals surface area (Å²) in [5, 5.41) is 0.871. The summed E-state index contributed by atoms with van der Waals surface area (Å²) in [6.07, 6.45) is -4.85. The SMILES string of the molecule is Cc1ccc(S(=O)(=O)N(c2ccc(OC(F)(F)F)cc2)c2c(C)c3ccccc3n2C)cc1. The van der Waals surface area contributed by atoms with Crippen LogP contribution in [-0.2, 0) is 17.1 Å². The number of nitrogens with zero attached hydrogens (tertiary/aromatic N) is 2. The van der Waals surface area contributed by atoms with Crippen molar-refractivity contribution >= 4 is 32.4 Å². The lowest BCUT2D eigenvalue weighted by Crippen LogP contribution is -2.28. The van der Waals surface area contributed by atoms with Crippen molar-refractivity contribution in [1.29, 1.82) is 0 Å². The minimum atomic E-state index is -4.85. The minimum Gasteiger partial charge on any atom is -0.406 e. The minimum absolute atomic E-state index is 0.0633. The van der Waals surface area contributed by atoms with Crippen molar-refractivity contribution in [3.05, 3.63) is 83.9 Å². The molecule has 4 aromatic rings. The van der Waals surface area contributed by atoms with Crippen LogP contribution in [0.15, 0.2) is 77.7 Å². The molecule has 33 heavy (non-hydrogen) atoms. The summed E-state index contributed by atoms with van der Waals surface area (Å²) in [5.74, 6) is -0.0473. The summed E-state index contributed by atoms with van der Waals surface area (Å²) < 4.78 is 72.3. The zero-order valence-electron chi connectivity index (χ0n) is 18.1. The molecule has 1 aromatic heterocycles. The molecule has 0 saturated carbocycles. The zero-order chi connectivity index (χ0) is 24.0. The second-order valence-corrected chi connectivity index (χ2v) is 9.44. The van der Waals surface area contributed by atoms with Crippen molar-refractivity contribution in [2.75, 3.05) is 4.31 Å². The smallest absolute Gasteiger partial charge is 0.406 e. The van der Waals surface area contributed by atoms with Crippen LogP contribution in [0.5, 0.6) is 5.75 Å². The van der Waals surface area contributed by atoms with Gasteiger partial charge in [0.1, 0.15) is 11.6 Å². The number of halogens is 3. The molecule has 0 N–H and O–H groups in total. The fraction of sp³-hybridized carbons (Fsp3) is 0.167. The van der Waals surface area contributed by atoms with Crippen molar-refractivity contribution in [3.8, 4) is 5.75 Å². The highest BCUT2D eigenvalue weighted by atomic mass is 32.2. The molecule has 0 amide bonds. The Morgan fingerprint density at radius 3 is 2.06 bits per heavy atom. The number of para-hydroxylation sites is 1. The van der Waals surface area contributed by atoms with E-state index in [0.29, 0.717) is 5.82 Å². The van der Waals surface area contributed by atoms with E-state index >= 15 is 0 Å². The number of benzene rings is 3. The summed E-state index contributed by atoms with van der Waals surface area (Å²) in [6.45, 7) is 3.66. The van der Waals surface area contributed by atoms with E-state index < -0.39 is 22.1 Å². The largest absolute Gasteiger partial charge is 0.573 e. The molecule has 0 aliphatic rings. The van der Waals surface area contributed by atoms with Gasteiger partial charge in [-0.2, -0.15) is 0 Å². The molecule has 0 radical (unpaired) electrons. The summed E-state index contributed by atoms with van der Waals surface area (Å²) in [7, 11) is -2.36. The summed E-state index contributed by atoms with van der Waals surface area (Å²) >= 11 is 0. The number of aryl methyl sites for hydroxylation is 3. The van der Waals surface area contributed by atoms with Gasteiger partial charge in [0.2, 0.25) is 0 Å². The Bertz CT molecular complexity index is 1370. The molecule has 9 heteroatoms. The first-order valence-corrected chi connectivity index (χ1v) is 11.4. The number of sulfonamides is 1. The zero-order valence-corrected chi connectivity index (χ0v) is 18.9. The fourth-order valence-electron chi connectivity index (χ4n) is 3.83. The number of ether oxygens (including phenoxy) is 1. The summed E-state index contributed by atoms with van der Waals surface area (Å²) in [5.41, 5.74) is 2.62. The first kappa shape index (κ1) is 22.7. The molecule has 3 aromatic carbocycles. The Balaban J connectivity index is 1.93. The second-order valence-electron chi connectivity index (χ2n) is 7.65. The molecule has 4 rings (SSSR count). The number of aromatic nitrogens is 1. The third kappa shape index (κ3) is 4.28. The fourth-order valence-corrected chi connectivity index (χ4v) is 5.41. The van der Waals surface area contributed by atoms with E-state index in [9.17, 15) is 21.6 Å². The van der Waals surface area contributed by atoms with Gasteiger partial charge in [-0.15, -0.1) is 13.2 Å². The predicted octanol–water partition coefficient (Wildman–Crippen LogP) is 6.22. The predicted molar refractivity (Wildman–Crippen MR) is 121 cm³/mol. The van der Waals surface area contributed by atoms with Crippen LogP contribution in [0.1, 0.15) is 11.1 Å². The van der Waals surface area contributed by atoms with Crippen LogP contribution < -0.4 is 9.04 Å². The Labute approximate surface area is 189 Å². The standard InChI is InChI=1S/C24H21F3N2O3S/c1-16-8-14-20(15-9-16)33(30,31)29(18-10-12-19(13-11-18)32-24(25,26)27)23-17(2)21-6-4-5-7-22(21)28(23)3/h4-15H,1-3H3. The molecule has 172 valence electrons. The average molecular weight is 475 g/mol. The molecule has 1 heterocycles. The lowest BCUT2D eigenvalue weighted by atomic mass is 10.2. The van der Waals surface area contributed by atoms with Crippen LogP contribution in [0.4, 0.5) is 24.7 Å². The van der Waals surface area contributed by atoms with Gasteiger partial charge in [-0.1, -0.05) is 35.9 Å². The molecular weight excluding hydrogens is 453 g/mol. The highest BCUT2D eigenvalue weighted by molar-refractivity contribution is 7.93. The number of rotatable bonds is 5. The highest BCUT2D eigenvalue weighted by Crippen LogP contribution is 2.40. The maximum Gasteiger partial charge on any atom is 0.573 e. The number of fused-ring (bicyclic) bond motifs is 1. The molecular formula is C24H21F3N2O3S. The Morgan fingerprint density at radius 2 is 1.48 bits per heavy atom. The molecule has 0 aliphatic carbocycles. The van der Waals surface area contributed by atoms with Crippen molar-refractivity contribution < 1.29 is 26.3 Å². The lowest BCUT2D eigenvalue weighted by molar-refractivity contribution is -0.274. The first-order chi connectivity index (χ1) is 15.5. The summed E-state index contributed by atoms with van der Waals surface area (Å²) in [4.78, 5) is 0.0633. The maximum absolute atomic E-state index is 13.8. The van der Waals surface area contributed by atoms with Gasteiger partial charge in [0, 0.05) is 23.5 Å². The maximum atomic E-state index is 13.8. The molecule has 0 bridgehead atoms. The van der Waals surface area contributed by atoms with E-state index in [1.807, 2.05) is 38.1 Å². The van der Waals surface area contributed by atoms with Crippen LogP contribution in [0.2, 0.25) is 0 Å². The van der Waals surface area contributed by atoms with E-state index in [1.165, 1.54) is 24.3 Å². The van der Waals surface area contributed by atoms with Gasteiger partial charge in [-0.3, -0.25) is 0 Å². The highest BCUT2D eigenvalue weighted by Gasteiger charge is 2.33. The number of anilines is 2. The van der Waals surface area contributed by atoms with Crippen LogP contribution in [0.25, 0.3) is 10.9 Å². The van der Waals surface area contributed by atoms with Gasteiger partial charge < -0.3 is 9.30 Å². The van der Waals surface area contributed by atoms with Gasteiger partial charge in [0.25, 0.3) is 10.0 Å². The van der Waals surface area contributed by atoms with E-state index in [1.54, 1.807) is 23.7 Å². The molecule has 0 fully saturated rings. The summed E-state index contributed by atoms with van der Waals surface area (Å²) in [6, 6.07) is 18.7. The Hall–Kier alpha value is -3.46. The molecule has 0 atom stereocenters. The Morgan fingerprint density at radius 1 is 0.879 bits per heavy atom. The van der Waals surface area contributed by atoms with E-state index in [0.717, 1.165) is 38.5 Å². The van der Waals surface area contributed by atoms with Crippen LogP contribution in [0.3, 0.4) is 0 Å². The van der Waals surface area contributed by atoms with Crippen molar-refractivity contribution in [2.45, 2.75) is 25.1 Å². The van der Waals surface area contributed by atoms with Gasteiger partial charge in [0.05, 0.1) is 10.6 Å². The third-order valence-electron chi connectivity index (χ3n) is 5.38. The van der Waals surface area contributed by atoms with Crippen molar-refractivity contribution in [3.63, 3.8) is 0 Å². The van der Waals surface area contributed by atoms with Crippen molar-refractivity contribution in [1.82, 2.24) is 4.57 Å². The number of hydrogen-bond acceptors (Lipinski definition) is 3. The van der Waals surface area contributed by atoms with E-state index in [2.05, 4.69) is 4.74 Å². The molecule has 0 spiro atoms. The van der Waals surface area contributed by atoms with Gasteiger partial charge in [-0.05, 0) is 56.3 Å². The second kappa shape index (κ2) is 8.15. The molecule has 5 nitrogen and oxygen atoms in total. The molecule has 0 saturated heterocycles. The lowest BCUT2D eigenvalue weighted by Gasteiger charge is -2.26. The van der Waals surface area contributed by atoms with E-state index in [-0.39, 0.29) is 10.6 Å². The van der Waals surface area contributed by atoms with Gasteiger partial charge in [-0.25, -0.2) is 12.7 Å². The number of hydrogen-bond donors (Lipinski definition) is 0. The third-order valence-corrected chi connectivity index (χ3v) is 7.11. The normalized spacial score (nSPS) is 12.2. The quantitative estimate of drug-likeness (QED) is 0.345. The number of alkyl halides is 3. The van der Waals surface area contributed by atoms with Crippen LogP contribution in [0, 0.1) is 13.8 Å². The Kier molecular flexibility index (Phi) is 5.61. The average Bonchev–Trinajstić information content (AvgIpc) is 3.00. The monoisotopic (exact) mass is 474 g/mol. The van der Waals surface area contributed by atoms with Crippen LogP contribution >= 0.6 is 0 Å². The van der Waals surface area contributed by atoms with E-state index in [4.69, 9.17) is 0 Å². The van der Waals surface area contributed by atoms with Gasteiger partial charge >= 0.3 is 6.36 Å². The molecule has 0 aliphatic heterocycles. The topological polar surface area (TPSA) is 51.5 Å². The first-order valence-electron chi connectivity index (χ1n) is 10.0.